The van der Waals surface area contributed by atoms with Gasteiger partial charge in [-0.1, -0.05) is 23.4 Å². The zero-order valence-corrected chi connectivity index (χ0v) is 12.7. The van der Waals surface area contributed by atoms with Gasteiger partial charge in [0.2, 0.25) is 0 Å². The van der Waals surface area contributed by atoms with Crippen molar-refractivity contribution in [3.05, 3.63) is 29.3 Å². The molecule has 0 radical (unpaired) electrons. The first-order valence-electron chi connectivity index (χ1n) is 5.51. The Balaban J connectivity index is 3.36. The molecule has 0 aliphatic heterocycles. The predicted octanol–water partition coefficient (Wildman–Crippen LogP) is 2.94. The van der Waals surface area contributed by atoms with E-state index in [-0.39, 0.29) is 12.0 Å². The molecule has 0 aliphatic carbocycles. The first-order valence-corrected chi connectivity index (χ1v) is 8.15. The van der Waals surface area contributed by atoms with Gasteiger partial charge in [0.25, 0.3) is 0 Å². The molecule has 0 amide bonds. The van der Waals surface area contributed by atoms with E-state index in [0.29, 0.717) is 6.07 Å². The van der Waals surface area contributed by atoms with Crippen LogP contribution < -0.4 is 0 Å². The maximum Gasteiger partial charge on any atom is 0.417 e. The van der Waals surface area contributed by atoms with Crippen LogP contribution in [0.25, 0.3) is 0 Å². The predicted molar refractivity (Wildman–Crippen MR) is 66.2 cm³/mol. The zero-order valence-electron chi connectivity index (χ0n) is 10.9. The molecule has 0 saturated carbocycles. The van der Waals surface area contributed by atoms with E-state index in [1.165, 1.54) is 13.0 Å². The Morgan fingerprint density at radius 3 is 2.38 bits per heavy atom. The molecule has 0 saturated heterocycles. The Morgan fingerprint density at radius 1 is 1.29 bits per heavy atom. The van der Waals surface area contributed by atoms with Gasteiger partial charge in [-0.25, -0.2) is 0 Å². The molecule has 0 fully saturated rings. The van der Waals surface area contributed by atoms with Crippen LogP contribution in [0.4, 0.5) is 13.2 Å². The summed E-state index contributed by atoms with van der Waals surface area (Å²) in [6.07, 6.45) is -4.88. The van der Waals surface area contributed by atoms with Crippen molar-refractivity contribution in [1.29, 1.82) is 0 Å². The SMILES string of the molecule is CCc1cccc(C(F)(F)F)c1S(=O)(=O)OO[PH](=O)OC. The molecule has 1 atom stereocenters. The molecule has 1 aromatic rings. The fourth-order valence-corrected chi connectivity index (χ4v) is 3.23. The monoisotopic (exact) mass is 348 g/mol. The maximum atomic E-state index is 12.9. The standard InChI is InChI=1S/C10H12F3O6PS/c1-3-7-5-4-6-8(10(11,12)13)9(7)21(15,16)19-18-20(14)17-2/h4-6,20H,3H2,1-2H3. The summed E-state index contributed by atoms with van der Waals surface area (Å²) in [5.41, 5.74) is -1.49. The van der Waals surface area contributed by atoms with Gasteiger partial charge in [-0.2, -0.15) is 21.6 Å². The van der Waals surface area contributed by atoms with Crippen LogP contribution in [0.1, 0.15) is 18.1 Å². The summed E-state index contributed by atoms with van der Waals surface area (Å²) < 4.78 is 85.4. The third kappa shape index (κ3) is 4.52. The number of benzene rings is 1. The second kappa shape index (κ2) is 6.89. The van der Waals surface area contributed by atoms with E-state index in [2.05, 4.69) is 13.5 Å². The van der Waals surface area contributed by atoms with Gasteiger partial charge in [-0.3, -0.25) is 4.57 Å². The first-order chi connectivity index (χ1) is 9.63. The van der Waals surface area contributed by atoms with E-state index in [0.717, 1.165) is 13.2 Å². The molecule has 120 valence electrons. The highest BCUT2D eigenvalue weighted by atomic mass is 32.2. The molecule has 0 spiro atoms. The lowest BCUT2D eigenvalue weighted by atomic mass is 10.1. The van der Waals surface area contributed by atoms with Gasteiger partial charge in [-0.15, -0.1) is 4.67 Å². The highest BCUT2D eigenvalue weighted by Crippen LogP contribution is 2.37. The molecule has 21 heavy (non-hydrogen) atoms. The average molecular weight is 348 g/mol. The molecule has 1 unspecified atom stereocenters. The molecule has 0 aliphatic rings. The summed E-state index contributed by atoms with van der Waals surface area (Å²) in [4.78, 5) is -1.06. The fraction of sp³-hybridized carbons (Fsp3) is 0.400. The Morgan fingerprint density at radius 2 is 1.90 bits per heavy atom. The van der Waals surface area contributed by atoms with Gasteiger partial charge >= 0.3 is 24.5 Å². The highest BCUT2D eigenvalue weighted by molar-refractivity contribution is 7.86. The summed E-state index contributed by atoms with van der Waals surface area (Å²) in [7, 11) is -7.23. The van der Waals surface area contributed by atoms with Crippen LogP contribution >= 0.6 is 8.25 Å². The Kier molecular flexibility index (Phi) is 5.94. The minimum atomic E-state index is -4.92. The summed E-state index contributed by atoms with van der Waals surface area (Å²) in [6, 6.07) is 2.90. The molecule has 6 nitrogen and oxygen atoms in total. The topological polar surface area (TPSA) is 78.9 Å². The molecule has 0 aromatic heterocycles. The van der Waals surface area contributed by atoms with Crippen molar-refractivity contribution in [2.75, 3.05) is 7.11 Å². The fourth-order valence-electron chi connectivity index (χ4n) is 1.52. The summed E-state index contributed by atoms with van der Waals surface area (Å²) in [6.45, 7) is 1.48. The Labute approximate surface area is 119 Å². The van der Waals surface area contributed by atoms with Gasteiger partial charge in [0.1, 0.15) is 4.90 Å². The molecule has 0 N–H and O–H groups in total. The van der Waals surface area contributed by atoms with Crippen molar-refractivity contribution in [3.63, 3.8) is 0 Å². The normalized spacial score (nSPS) is 14.1. The smallest absolute Gasteiger partial charge is 0.312 e. The number of hydrogen-bond donors (Lipinski definition) is 0. The van der Waals surface area contributed by atoms with E-state index in [9.17, 15) is 26.2 Å². The van der Waals surface area contributed by atoms with Crippen LogP contribution in [0.5, 0.6) is 0 Å². The number of halogens is 3. The van der Waals surface area contributed by atoms with E-state index >= 15 is 0 Å². The Bertz CT molecular complexity index is 628. The molecule has 11 heteroatoms. The molecule has 1 aromatic carbocycles. The highest BCUT2D eigenvalue weighted by Gasteiger charge is 2.39. The van der Waals surface area contributed by atoms with Crippen molar-refractivity contribution < 1.29 is 39.7 Å². The van der Waals surface area contributed by atoms with Gasteiger partial charge in [0.05, 0.1) is 5.56 Å². The third-order valence-electron chi connectivity index (χ3n) is 2.39. The quantitative estimate of drug-likeness (QED) is 0.447. The Hall–Kier alpha value is -0.930. The van der Waals surface area contributed by atoms with Crippen LogP contribution in [0, 0.1) is 0 Å². The van der Waals surface area contributed by atoms with Crippen molar-refractivity contribution in [1.82, 2.24) is 0 Å². The van der Waals surface area contributed by atoms with Gasteiger partial charge in [0, 0.05) is 7.11 Å². The van der Waals surface area contributed by atoms with E-state index in [1.54, 1.807) is 0 Å². The summed E-state index contributed by atoms with van der Waals surface area (Å²) >= 11 is 0. The van der Waals surface area contributed by atoms with E-state index in [1.807, 2.05) is 0 Å². The second-order valence-corrected chi connectivity index (χ2v) is 6.23. The van der Waals surface area contributed by atoms with Crippen LogP contribution in [0.2, 0.25) is 0 Å². The molecular weight excluding hydrogens is 336 g/mol. The van der Waals surface area contributed by atoms with Gasteiger partial charge < -0.3 is 4.52 Å². The number of aryl methyl sites for hydroxylation is 1. The van der Waals surface area contributed by atoms with Crippen LogP contribution in [-0.2, 0) is 40.8 Å². The number of alkyl halides is 3. The van der Waals surface area contributed by atoms with Crippen LogP contribution in [0.15, 0.2) is 23.1 Å². The zero-order chi connectivity index (χ0) is 16.3. The average Bonchev–Trinajstić information content (AvgIpc) is 2.42. The van der Waals surface area contributed by atoms with E-state index in [4.69, 9.17) is 0 Å². The number of rotatable bonds is 6. The lowest BCUT2D eigenvalue weighted by molar-refractivity contribution is -0.140. The van der Waals surface area contributed by atoms with Gasteiger partial charge in [-0.05, 0) is 18.1 Å². The maximum absolute atomic E-state index is 12.9. The van der Waals surface area contributed by atoms with Crippen molar-refractivity contribution in [2.24, 2.45) is 0 Å². The largest absolute Gasteiger partial charge is 0.417 e. The molecule has 1 rings (SSSR count). The van der Waals surface area contributed by atoms with Crippen molar-refractivity contribution in [3.8, 4) is 0 Å². The first kappa shape index (κ1) is 18.1. The lowest BCUT2D eigenvalue weighted by Crippen LogP contribution is -2.17. The van der Waals surface area contributed by atoms with E-state index < -0.39 is 35.0 Å². The minimum Gasteiger partial charge on any atom is -0.312 e. The summed E-state index contributed by atoms with van der Waals surface area (Å²) in [5.74, 6) is 0. The molecule has 0 heterocycles. The molecular formula is C10H12F3O6PS. The van der Waals surface area contributed by atoms with Crippen LogP contribution in [-0.4, -0.2) is 15.5 Å². The lowest BCUT2D eigenvalue weighted by Gasteiger charge is -2.15. The van der Waals surface area contributed by atoms with Crippen LogP contribution in [0.3, 0.4) is 0 Å². The van der Waals surface area contributed by atoms with Gasteiger partial charge in [0.15, 0.2) is 0 Å². The second-order valence-electron chi connectivity index (χ2n) is 3.70. The molecule has 0 bridgehead atoms. The van der Waals surface area contributed by atoms with Crippen molar-refractivity contribution >= 4 is 18.4 Å². The summed E-state index contributed by atoms with van der Waals surface area (Å²) in [5, 5.41) is 0. The minimum absolute atomic E-state index is 0.0152. The third-order valence-corrected chi connectivity index (χ3v) is 4.29. The van der Waals surface area contributed by atoms with Crippen molar-refractivity contribution in [2.45, 2.75) is 24.4 Å². The number of hydrogen-bond acceptors (Lipinski definition) is 6.